The molecule has 0 spiro atoms. The molecule has 1 atom stereocenters. The van der Waals surface area contributed by atoms with Gasteiger partial charge in [-0.2, -0.15) is 0 Å². The average Bonchev–Trinajstić information content (AvgIpc) is 2.66. The summed E-state index contributed by atoms with van der Waals surface area (Å²) in [4.78, 5) is 4.35. The minimum absolute atomic E-state index is 0.433. The number of hydrogen-bond acceptors (Lipinski definition) is 3. The molecule has 1 unspecified atom stereocenters. The Morgan fingerprint density at radius 1 is 1.56 bits per heavy atom. The molecule has 0 saturated carbocycles. The van der Waals surface area contributed by atoms with Crippen molar-refractivity contribution < 1.29 is 0 Å². The Kier molecular flexibility index (Phi) is 3.34. The zero-order valence-corrected chi connectivity index (χ0v) is 10.3. The highest BCUT2D eigenvalue weighted by atomic mass is 35.5. The van der Waals surface area contributed by atoms with Gasteiger partial charge in [-0.1, -0.05) is 17.7 Å². The first-order valence-corrected chi connectivity index (χ1v) is 5.83. The average molecular weight is 238 g/mol. The Balaban J connectivity index is 1.97. The van der Waals surface area contributed by atoms with Crippen molar-refractivity contribution in [1.82, 2.24) is 10.6 Å². The van der Waals surface area contributed by atoms with Gasteiger partial charge in [0.1, 0.15) is 0 Å². The largest absolute Gasteiger partial charge is 0.352 e. The molecule has 2 N–H and O–H groups in total. The summed E-state index contributed by atoms with van der Waals surface area (Å²) < 4.78 is 0. The maximum absolute atomic E-state index is 5.96. The SMILES string of the molecule is Cc1ccc(Cl)cc1CNC1=NCC(C)N1. The van der Waals surface area contributed by atoms with E-state index >= 15 is 0 Å². The van der Waals surface area contributed by atoms with Crippen LogP contribution in [-0.2, 0) is 6.54 Å². The maximum atomic E-state index is 5.96. The molecule has 1 heterocycles. The summed E-state index contributed by atoms with van der Waals surface area (Å²) in [5.41, 5.74) is 2.44. The quantitative estimate of drug-likeness (QED) is 0.827. The number of nitrogens with one attached hydrogen (secondary N) is 2. The molecule has 3 nitrogen and oxygen atoms in total. The van der Waals surface area contributed by atoms with E-state index in [9.17, 15) is 0 Å². The molecule has 0 aliphatic carbocycles. The smallest absolute Gasteiger partial charge is 0.191 e. The molecule has 0 amide bonds. The van der Waals surface area contributed by atoms with Crippen LogP contribution in [-0.4, -0.2) is 18.5 Å². The third kappa shape index (κ3) is 2.67. The third-order valence-electron chi connectivity index (χ3n) is 2.66. The van der Waals surface area contributed by atoms with Crippen molar-refractivity contribution in [1.29, 1.82) is 0 Å². The van der Waals surface area contributed by atoms with Gasteiger partial charge < -0.3 is 10.6 Å². The second-order valence-electron chi connectivity index (χ2n) is 4.16. The van der Waals surface area contributed by atoms with Crippen molar-refractivity contribution in [2.75, 3.05) is 6.54 Å². The van der Waals surface area contributed by atoms with E-state index in [-0.39, 0.29) is 0 Å². The van der Waals surface area contributed by atoms with E-state index in [1.807, 2.05) is 18.2 Å². The van der Waals surface area contributed by atoms with Crippen LogP contribution in [0.4, 0.5) is 0 Å². The molecule has 4 heteroatoms. The lowest BCUT2D eigenvalue weighted by atomic mass is 10.1. The lowest BCUT2D eigenvalue weighted by molar-refractivity contribution is 0.713. The van der Waals surface area contributed by atoms with Crippen LogP contribution in [0.25, 0.3) is 0 Å². The molecule has 16 heavy (non-hydrogen) atoms. The molecule has 0 saturated heterocycles. The van der Waals surface area contributed by atoms with Crippen LogP contribution in [0.1, 0.15) is 18.1 Å². The van der Waals surface area contributed by atoms with Crippen LogP contribution in [0.5, 0.6) is 0 Å². The van der Waals surface area contributed by atoms with Gasteiger partial charge >= 0.3 is 0 Å². The predicted molar refractivity (Wildman–Crippen MR) is 67.9 cm³/mol. The zero-order chi connectivity index (χ0) is 11.5. The van der Waals surface area contributed by atoms with E-state index in [2.05, 4.69) is 29.5 Å². The molecule has 2 rings (SSSR count). The highest BCUT2D eigenvalue weighted by Gasteiger charge is 2.11. The maximum Gasteiger partial charge on any atom is 0.191 e. The van der Waals surface area contributed by atoms with Gasteiger partial charge in [0.15, 0.2) is 5.96 Å². The summed E-state index contributed by atoms with van der Waals surface area (Å²) in [6.07, 6.45) is 0. The zero-order valence-electron chi connectivity index (χ0n) is 9.55. The molecule has 1 aliphatic rings. The summed E-state index contributed by atoms with van der Waals surface area (Å²) in [6.45, 7) is 5.80. The summed E-state index contributed by atoms with van der Waals surface area (Å²) in [5.74, 6) is 0.881. The molecule has 1 aromatic carbocycles. The first kappa shape index (κ1) is 11.3. The number of aryl methyl sites for hydroxylation is 1. The number of guanidine groups is 1. The van der Waals surface area contributed by atoms with E-state index in [4.69, 9.17) is 11.6 Å². The molecule has 1 aliphatic heterocycles. The Hall–Kier alpha value is -1.22. The fourth-order valence-electron chi connectivity index (χ4n) is 1.67. The Bertz CT molecular complexity index is 415. The van der Waals surface area contributed by atoms with Gasteiger partial charge in [0.05, 0.1) is 6.54 Å². The number of halogens is 1. The van der Waals surface area contributed by atoms with E-state index in [1.54, 1.807) is 0 Å². The standard InChI is InChI=1S/C12H16ClN3/c1-8-3-4-11(13)5-10(8)7-15-12-14-6-9(2)16-12/h3-5,9H,6-7H2,1-2H3,(H2,14,15,16). The highest BCUT2D eigenvalue weighted by molar-refractivity contribution is 6.30. The second-order valence-corrected chi connectivity index (χ2v) is 4.60. The van der Waals surface area contributed by atoms with Crippen molar-refractivity contribution in [3.63, 3.8) is 0 Å². The van der Waals surface area contributed by atoms with Gasteiger partial charge in [0.25, 0.3) is 0 Å². The fraction of sp³-hybridized carbons (Fsp3) is 0.417. The van der Waals surface area contributed by atoms with E-state index in [0.29, 0.717) is 6.04 Å². The normalized spacial score (nSPS) is 19.2. The minimum Gasteiger partial charge on any atom is -0.352 e. The Morgan fingerprint density at radius 3 is 3.06 bits per heavy atom. The Labute approximate surface area is 101 Å². The molecule has 0 aromatic heterocycles. The number of benzene rings is 1. The predicted octanol–water partition coefficient (Wildman–Crippen LogP) is 2.09. The second kappa shape index (κ2) is 4.74. The lowest BCUT2D eigenvalue weighted by Gasteiger charge is -2.10. The van der Waals surface area contributed by atoms with Crippen molar-refractivity contribution in [2.24, 2.45) is 4.99 Å². The van der Waals surface area contributed by atoms with Crippen LogP contribution in [0.2, 0.25) is 5.02 Å². The number of nitrogens with zero attached hydrogens (tertiary/aromatic N) is 1. The molecule has 0 fully saturated rings. The van der Waals surface area contributed by atoms with Gasteiger partial charge in [-0.25, -0.2) is 0 Å². The van der Waals surface area contributed by atoms with Crippen molar-refractivity contribution in [2.45, 2.75) is 26.4 Å². The van der Waals surface area contributed by atoms with Crippen LogP contribution >= 0.6 is 11.6 Å². The van der Waals surface area contributed by atoms with Gasteiger partial charge in [-0.05, 0) is 37.1 Å². The molecule has 0 radical (unpaired) electrons. The molecular formula is C12H16ClN3. The number of rotatable bonds is 2. The van der Waals surface area contributed by atoms with Crippen molar-refractivity contribution >= 4 is 17.6 Å². The fourth-order valence-corrected chi connectivity index (χ4v) is 1.86. The first-order valence-electron chi connectivity index (χ1n) is 5.45. The lowest BCUT2D eigenvalue weighted by Crippen LogP contribution is -2.37. The third-order valence-corrected chi connectivity index (χ3v) is 2.90. The number of hydrogen-bond donors (Lipinski definition) is 2. The molecule has 86 valence electrons. The summed E-state index contributed by atoms with van der Waals surface area (Å²) >= 11 is 5.96. The van der Waals surface area contributed by atoms with Crippen LogP contribution in [0.15, 0.2) is 23.2 Å². The summed E-state index contributed by atoms with van der Waals surface area (Å²) in [5, 5.41) is 7.32. The Morgan fingerprint density at radius 2 is 2.38 bits per heavy atom. The topological polar surface area (TPSA) is 36.4 Å². The van der Waals surface area contributed by atoms with E-state index in [0.717, 1.165) is 24.1 Å². The van der Waals surface area contributed by atoms with Crippen LogP contribution < -0.4 is 10.6 Å². The van der Waals surface area contributed by atoms with Gasteiger partial charge in [-0.3, -0.25) is 4.99 Å². The molecule has 1 aromatic rings. The van der Waals surface area contributed by atoms with Gasteiger partial charge in [0.2, 0.25) is 0 Å². The molecule has 0 bridgehead atoms. The highest BCUT2D eigenvalue weighted by Crippen LogP contribution is 2.15. The van der Waals surface area contributed by atoms with Crippen molar-refractivity contribution in [3.8, 4) is 0 Å². The summed E-state index contributed by atoms with van der Waals surface area (Å²) in [6, 6.07) is 6.37. The summed E-state index contributed by atoms with van der Waals surface area (Å²) in [7, 11) is 0. The van der Waals surface area contributed by atoms with Crippen LogP contribution in [0, 0.1) is 6.92 Å². The molecular weight excluding hydrogens is 222 g/mol. The van der Waals surface area contributed by atoms with Crippen LogP contribution in [0.3, 0.4) is 0 Å². The van der Waals surface area contributed by atoms with Crippen molar-refractivity contribution in [3.05, 3.63) is 34.3 Å². The first-order chi connectivity index (χ1) is 7.65. The van der Waals surface area contributed by atoms with E-state index < -0.39 is 0 Å². The monoisotopic (exact) mass is 237 g/mol. The van der Waals surface area contributed by atoms with Gasteiger partial charge in [0, 0.05) is 17.6 Å². The minimum atomic E-state index is 0.433. The van der Waals surface area contributed by atoms with E-state index in [1.165, 1.54) is 11.1 Å². The van der Waals surface area contributed by atoms with Gasteiger partial charge in [-0.15, -0.1) is 0 Å². The number of aliphatic imine (C=N–C) groups is 1.